The van der Waals surface area contributed by atoms with Gasteiger partial charge in [-0.2, -0.15) is 0 Å². The molecule has 0 aliphatic carbocycles. The van der Waals surface area contributed by atoms with Crippen LogP contribution in [0.3, 0.4) is 0 Å². The second-order valence-corrected chi connectivity index (χ2v) is 6.03. The van der Waals surface area contributed by atoms with E-state index in [1.807, 2.05) is 0 Å². The van der Waals surface area contributed by atoms with Crippen LogP contribution in [0.5, 0.6) is 0 Å². The van der Waals surface area contributed by atoms with Crippen molar-refractivity contribution in [3.63, 3.8) is 0 Å². The van der Waals surface area contributed by atoms with Gasteiger partial charge in [0.05, 0.1) is 5.56 Å². The van der Waals surface area contributed by atoms with E-state index in [1.165, 1.54) is 6.92 Å². The Bertz CT molecular complexity index is 739. The zero-order chi connectivity index (χ0) is 17.5. The number of ketones is 1. The van der Waals surface area contributed by atoms with Crippen LogP contribution < -0.4 is 5.32 Å². The first-order valence-electron chi connectivity index (χ1n) is 7.25. The third-order valence-electron chi connectivity index (χ3n) is 3.23. The minimum Gasteiger partial charge on any atom is -0.454 e. The number of amides is 1. The monoisotopic (exact) mass is 389 g/mol. The Kier molecular flexibility index (Phi) is 6.26. The van der Waals surface area contributed by atoms with Gasteiger partial charge in [0, 0.05) is 23.5 Å². The summed E-state index contributed by atoms with van der Waals surface area (Å²) in [7, 11) is 0. The highest BCUT2D eigenvalue weighted by Crippen LogP contribution is 2.11. The molecule has 0 bridgehead atoms. The number of carbonyl (C=O) groups excluding carboxylic acids is 3. The van der Waals surface area contributed by atoms with Crippen molar-refractivity contribution in [2.24, 2.45) is 0 Å². The summed E-state index contributed by atoms with van der Waals surface area (Å²) >= 11 is 3.29. The molecule has 2 aromatic rings. The van der Waals surface area contributed by atoms with Crippen molar-refractivity contribution in [3.05, 3.63) is 69.7 Å². The molecule has 0 saturated carbocycles. The Hall–Kier alpha value is -2.47. The number of ether oxygens (including phenoxy) is 1. The Morgan fingerprint density at radius 2 is 1.54 bits per heavy atom. The third kappa shape index (κ3) is 5.31. The van der Waals surface area contributed by atoms with E-state index in [9.17, 15) is 14.4 Å². The number of benzene rings is 2. The minimum absolute atomic E-state index is 0.120. The van der Waals surface area contributed by atoms with Crippen molar-refractivity contribution < 1.29 is 19.1 Å². The van der Waals surface area contributed by atoms with Gasteiger partial charge >= 0.3 is 5.97 Å². The molecule has 0 saturated heterocycles. The Morgan fingerprint density at radius 3 is 2.12 bits per heavy atom. The number of rotatable bonds is 6. The zero-order valence-corrected chi connectivity index (χ0v) is 14.6. The van der Waals surface area contributed by atoms with Crippen molar-refractivity contribution in [3.8, 4) is 0 Å². The highest BCUT2D eigenvalue weighted by Gasteiger charge is 2.12. The van der Waals surface area contributed by atoms with E-state index >= 15 is 0 Å². The fourth-order valence-corrected chi connectivity index (χ4v) is 2.18. The first kappa shape index (κ1) is 17.9. The van der Waals surface area contributed by atoms with Gasteiger partial charge in [-0.05, 0) is 29.8 Å². The smallest absolute Gasteiger partial charge is 0.338 e. The molecule has 6 heteroatoms. The summed E-state index contributed by atoms with van der Waals surface area (Å²) in [6.45, 7) is 1.52. The predicted octanol–water partition coefficient (Wildman–Crippen LogP) is 3.12. The summed E-state index contributed by atoms with van der Waals surface area (Å²) in [5.41, 5.74) is 1.70. The van der Waals surface area contributed by atoms with E-state index in [1.54, 1.807) is 48.5 Å². The van der Waals surface area contributed by atoms with Crippen LogP contribution in [-0.2, 0) is 16.1 Å². The van der Waals surface area contributed by atoms with Gasteiger partial charge in [0.2, 0.25) is 5.91 Å². The van der Waals surface area contributed by atoms with E-state index in [0.717, 1.165) is 10.0 Å². The topological polar surface area (TPSA) is 72.5 Å². The summed E-state index contributed by atoms with van der Waals surface area (Å²) in [6, 6.07) is 13.5. The average Bonchev–Trinajstić information content (AvgIpc) is 2.58. The molecule has 1 amide bonds. The van der Waals surface area contributed by atoms with Gasteiger partial charge in [0.25, 0.3) is 0 Å². The Labute approximate surface area is 148 Å². The molecule has 5 nitrogen and oxygen atoms in total. The molecule has 1 N–H and O–H groups in total. The molecule has 0 aromatic heterocycles. The standard InChI is InChI=1S/C18H16BrNO4/c1-12(21)20-10-13-2-4-15(5-3-13)18(23)24-11-17(22)14-6-8-16(19)9-7-14/h2-9H,10-11H2,1H3,(H,20,21). The van der Waals surface area contributed by atoms with Crippen molar-refractivity contribution in [1.82, 2.24) is 5.32 Å². The average molecular weight is 390 g/mol. The number of esters is 1. The van der Waals surface area contributed by atoms with Gasteiger partial charge in [-0.1, -0.05) is 40.2 Å². The van der Waals surface area contributed by atoms with Crippen LogP contribution in [0.25, 0.3) is 0 Å². The van der Waals surface area contributed by atoms with Crippen LogP contribution in [0.2, 0.25) is 0 Å². The molecule has 0 fully saturated rings. The molecule has 0 heterocycles. The van der Waals surface area contributed by atoms with Gasteiger partial charge in [0.1, 0.15) is 0 Å². The van der Waals surface area contributed by atoms with Crippen molar-refractivity contribution in [2.45, 2.75) is 13.5 Å². The maximum atomic E-state index is 12.0. The number of halogens is 1. The van der Waals surface area contributed by atoms with Crippen molar-refractivity contribution in [1.29, 1.82) is 0 Å². The third-order valence-corrected chi connectivity index (χ3v) is 3.76. The van der Waals surface area contributed by atoms with Crippen LogP contribution >= 0.6 is 15.9 Å². The maximum absolute atomic E-state index is 12.0. The number of carbonyl (C=O) groups is 3. The van der Waals surface area contributed by atoms with Gasteiger partial charge in [-0.15, -0.1) is 0 Å². The number of hydrogen-bond donors (Lipinski definition) is 1. The molecule has 124 valence electrons. The number of nitrogens with one attached hydrogen (secondary N) is 1. The first-order valence-corrected chi connectivity index (χ1v) is 8.04. The van der Waals surface area contributed by atoms with E-state index in [-0.39, 0.29) is 18.3 Å². The summed E-state index contributed by atoms with van der Waals surface area (Å²) in [5.74, 6) is -0.949. The zero-order valence-electron chi connectivity index (χ0n) is 13.0. The SMILES string of the molecule is CC(=O)NCc1ccc(C(=O)OCC(=O)c2ccc(Br)cc2)cc1. The minimum atomic E-state index is -0.563. The molecule has 2 aromatic carbocycles. The first-order chi connectivity index (χ1) is 11.5. The van der Waals surface area contributed by atoms with Gasteiger partial charge < -0.3 is 10.1 Å². The summed E-state index contributed by atoms with van der Waals surface area (Å²) in [6.07, 6.45) is 0. The fraction of sp³-hybridized carbons (Fsp3) is 0.167. The normalized spacial score (nSPS) is 10.1. The lowest BCUT2D eigenvalue weighted by Gasteiger charge is -2.06. The van der Waals surface area contributed by atoms with Crippen molar-refractivity contribution >= 4 is 33.6 Å². The summed E-state index contributed by atoms with van der Waals surface area (Å²) in [4.78, 5) is 34.8. The van der Waals surface area contributed by atoms with Gasteiger partial charge in [0.15, 0.2) is 12.4 Å². The van der Waals surface area contributed by atoms with E-state index < -0.39 is 5.97 Å². The fourth-order valence-electron chi connectivity index (χ4n) is 1.92. The molecule has 0 aliphatic heterocycles. The second-order valence-electron chi connectivity index (χ2n) is 5.11. The van der Waals surface area contributed by atoms with Crippen LogP contribution in [0.4, 0.5) is 0 Å². The molecule has 0 radical (unpaired) electrons. The quantitative estimate of drug-likeness (QED) is 0.608. The molecule has 0 aliphatic rings. The van der Waals surface area contributed by atoms with Crippen molar-refractivity contribution in [2.75, 3.05) is 6.61 Å². The van der Waals surface area contributed by atoms with Gasteiger partial charge in [-0.3, -0.25) is 9.59 Å². The molecular weight excluding hydrogens is 374 g/mol. The molecule has 0 spiro atoms. The summed E-state index contributed by atoms with van der Waals surface area (Å²) in [5, 5.41) is 2.67. The lowest BCUT2D eigenvalue weighted by Crippen LogP contribution is -2.19. The predicted molar refractivity (Wildman–Crippen MR) is 92.7 cm³/mol. The summed E-state index contributed by atoms with van der Waals surface area (Å²) < 4.78 is 5.91. The maximum Gasteiger partial charge on any atom is 0.338 e. The van der Waals surface area contributed by atoms with Gasteiger partial charge in [-0.25, -0.2) is 4.79 Å². The van der Waals surface area contributed by atoms with E-state index in [0.29, 0.717) is 17.7 Å². The molecule has 0 unspecified atom stereocenters. The molecule has 2 rings (SSSR count). The highest BCUT2D eigenvalue weighted by molar-refractivity contribution is 9.10. The van der Waals surface area contributed by atoms with E-state index in [2.05, 4.69) is 21.2 Å². The van der Waals surface area contributed by atoms with Crippen LogP contribution in [0.15, 0.2) is 53.0 Å². The Balaban J connectivity index is 1.89. The van der Waals surface area contributed by atoms with Crippen LogP contribution in [0.1, 0.15) is 33.2 Å². The molecule has 24 heavy (non-hydrogen) atoms. The second kappa shape index (κ2) is 8.40. The molecular formula is C18H16BrNO4. The number of hydrogen-bond acceptors (Lipinski definition) is 4. The highest BCUT2D eigenvalue weighted by atomic mass is 79.9. The number of Topliss-reactive ketones (excluding diaryl/α,β-unsaturated/α-hetero) is 1. The Morgan fingerprint density at radius 1 is 0.958 bits per heavy atom. The van der Waals surface area contributed by atoms with E-state index in [4.69, 9.17) is 4.74 Å². The largest absolute Gasteiger partial charge is 0.454 e. The lowest BCUT2D eigenvalue weighted by molar-refractivity contribution is -0.119. The lowest BCUT2D eigenvalue weighted by atomic mass is 10.1. The van der Waals surface area contributed by atoms with Crippen LogP contribution in [-0.4, -0.2) is 24.3 Å². The van der Waals surface area contributed by atoms with Crippen LogP contribution in [0, 0.1) is 0 Å². The molecule has 0 atom stereocenters.